The van der Waals surface area contributed by atoms with E-state index in [1.165, 1.54) is 5.56 Å². The van der Waals surface area contributed by atoms with Gasteiger partial charge in [-0.3, -0.25) is 0 Å². The van der Waals surface area contributed by atoms with Crippen molar-refractivity contribution in [2.75, 3.05) is 5.32 Å². The van der Waals surface area contributed by atoms with Crippen LogP contribution in [0.2, 0.25) is 0 Å². The largest absolute Gasteiger partial charge is 0.478 e. The van der Waals surface area contributed by atoms with Gasteiger partial charge in [0, 0.05) is 11.7 Å². The molecule has 21 heavy (non-hydrogen) atoms. The number of carboxylic acids is 1. The smallest absolute Gasteiger partial charge is 0.337 e. The van der Waals surface area contributed by atoms with Gasteiger partial charge in [0.2, 0.25) is 0 Å². The van der Waals surface area contributed by atoms with Gasteiger partial charge in [-0.05, 0) is 36.6 Å². The number of hydrogen-bond acceptors (Lipinski definition) is 2. The maximum absolute atomic E-state index is 11.2. The summed E-state index contributed by atoms with van der Waals surface area (Å²) in [6.45, 7) is 4.20. The van der Waals surface area contributed by atoms with Gasteiger partial charge in [0.15, 0.2) is 0 Å². The van der Waals surface area contributed by atoms with Gasteiger partial charge in [0.05, 0.1) is 5.56 Å². The number of carboxylic acid groups (broad SMARTS) is 1. The lowest BCUT2D eigenvalue weighted by Gasteiger charge is -2.17. The van der Waals surface area contributed by atoms with E-state index in [0.29, 0.717) is 11.3 Å². The van der Waals surface area contributed by atoms with E-state index in [0.717, 1.165) is 18.4 Å². The fourth-order valence-electron chi connectivity index (χ4n) is 2.37. The minimum Gasteiger partial charge on any atom is -0.478 e. The summed E-state index contributed by atoms with van der Waals surface area (Å²) in [7, 11) is 0. The van der Waals surface area contributed by atoms with Crippen LogP contribution in [0.4, 0.5) is 5.69 Å². The first-order chi connectivity index (χ1) is 10.1. The molecule has 0 bridgehead atoms. The molecule has 0 aliphatic heterocycles. The zero-order chi connectivity index (χ0) is 15.2. The Morgan fingerprint density at radius 2 is 1.81 bits per heavy atom. The molecule has 0 fully saturated rings. The van der Waals surface area contributed by atoms with Crippen LogP contribution in [0, 0.1) is 0 Å². The van der Waals surface area contributed by atoms with Gasteiger partial charge in [0.1, 0.15) is 0 Å². The average Bonchev–Trinajstić information content (AvgIpc) is 2.48. The molecule has 0 aliphatic rings. The van der Waals surface area contributed by atoms with E-state index in [1.807, 2.05) is 13.0 Å². The Balaban J connectivity index is 2.14. The van der Waals surface area contributed by atoms with Gasteiger partial charge in [0.25, 0.3) is 0 Å². The molecule has 0 saturated carbocycles. The molecule has 0 aromatic heterocycles. The molecule has 0 amide bonds. The first-order valence-corrected chi connectivity index (χ1v) is 7.29. The Morgan fingerprint density at radius 1 is 1.14 bits per heavy atom. The summed E-state index contributed by atoms with van der Waals surface area (Å²) in [6.07, 6.45) is 2.23. The van der Waals surface area contributed by atoms with Crippen molar-refractivity contribution in [1.82, 2.24) is 0 Å². The molecule has 110 valence electrons. The Morgan fingerprint density at radius 3 is 2.43 bits per heavy atom. The summed E-state index contributed by atoms with van der Waals surface area (Å²) in [4.78, 5) is 11.2. The number of anilines is 1. The third-order valence-corrected chi connectivity index (χ3v) is 3.55. The van der Waals surface area contributed by atoms with Crippen molar-refractivity contribution in [3.8, 4) is 0 Å². The number of aryl methyl sites for hydroxylation is 1. The monoisotopic (exact) mass is 283 g/mol. The predicted octanol–water partition coefficient (Wildman–Crippen LogP) is 4.51. The Labute approximate surface area is 125 Å². The lowest BCUT2D eigenvalue weighted by molar-refractivity contribution is 0.0698. The first kappa shape index (κ1) is 15.1. The van der Waals surface area contributed by atoms with E-state index in [9.17, 15) is 9.90 Å². The summed E-state index contributed by atoms with van der Waals surface area (Å²) in [6, 6.07) is 15.5. The van der Waals surface area contributed by atoms with Gasteiger partial charge >= 0.3 is 5.97 Å². The van der Waals surface area contributed by atoms with Crippen LogP contribution < -0.4 is 5.32 Å². The Hall–Kier alpha value is -2.29. The summed E-state index contributed by atoms with van der Waals surface area (Å²) in [5.41, 5.74) is 3.43. The van der Waals surface area contributed by atoms with Crippen molar-refractivity contribution in [2.24, 2.45) is 0 Å². The first-order valence-electron chi connectivity index (χ1n) is 7.29. The standard InChI is InChI=1S/C18H21NO2/c1-3-6-14-9-11-15(12-10-14)13(2)19-17-8-5-4-7-16(17)18(20)21/h4-5,7-13,19H,3,6H2,1-2H3,(H,20,21). The maximum atomic E-state index is 11.2. The van der Waals surface area contributed by atoms with Crippen LogP contribution in [0.25, 0.3) is 0 Å². The molecular weight excluding hydrogens is 262 g/mol. The van der Waals surface area contributed by atoms with Gasteiger partial charge in [-0.1, -0.05) is 49.7 Å². The van der Waals surface area contributed by atoms with Crippen LogP contribution in [0.1, 0.15) is 47.8 Å². The molecular formula is C18H21NO2. The highest BCUT2D eigenvalue weighted by Gasteiger charge is 2.12. The predicted molar refractivity (Wildman–Crippen MR) is 85.9 cm³/mol. The number of benzene rings is 2. The molecule has 1 unspecified atom stereocenters. The number of nitrogens with one attached hydrogen (secondary N) is 1. The molecule has 0 spiro atoms. The quantitative estimate of drug-likeness (QED) is 0.820. The third kappa shape index (κ3) is 3.85. The van der Waals surface area contributed by atoms with Crippen molar-refractivity contribution in [2.45, 2.75) is 32.7 Å². The Kier molecular flexibility index (Phi) is 4.99. The fraction of sp³-hybridized carbons (Fsp3) is 0.278. The summed E-state index contributed by atoms with van der Waals surface area (Å²) in [5.74, 6) is -0.913. The SMILES string of the molecule is CCCc1ccc(C(C)Nc2ccccc2C(=O)O)cc1. The minimum atomic E-state index is -0.913. The van der Waals surface area contributed by atoms with Crippen LogP contribution in [0.3, 0.4) is 0 Å². The molecule has 0 radical (unpaired) electrons. The minimum absolute atomic E-state index is 0.0566. The average molecular weight is 283 g/mol. The molecule has 2 aromatic carbocycles. The van der Waals surface area contributed by atoms with Crippen LogP contribution in [-0.2, 0) is 6.42 Å². The van der Waals surface area contributed by atoms with E-state index in [1.54, 1.807) is 18.2 Å². The highest BCUT2D eigenvalue weighted by Crippen LogP contribution is 2.23. The number of hydrogen-bond donors (Lipinski definition) is 2. The summed E-state index contributed by atoms with van der Waals surface area (Å²) in [5, 5.41) is 12.5. The van der Waals surface area contributed by atoms with Gasteiger partial charge < -0.3 is 10.4 Å². The maximum Gasteiger partial charge on any atom is 0.337 e. The van der Waals surface area contributed by atoms with Gasteiger partial charge in [-0.15, -0.1) is 0 Å². The molecule has 0 aliphatic carbocycles. The van der Waals surface area contributed by atoms with E-state index in [2.05, 4.69) is 36.5 Å². The van der Waals surface area contributed by atoms with Crippen molar-refractivity contribution in [3.63, 3.8) is 0 Å². The Bertz CT molecular complexity index is 605. The zero-order valence-electron chi connectivity index (χ0n) is 12.5. The third-order valence-electron chi connectivity index (χ3n) is 3.55. The van der Waals surface area contributed by atoms with E-state index < -0.39 is 5.97 Å². The number of carbonyl (C=O) groups is 1. The second-order valence-electron chi connectivity index (χ2n) is 5.21. The number of rotatable bonds is 6. The summed E-state index contributed by atoms with van der Waals surface area (Å²) >= 11 is 0. The van der Waals surface area contributed by atoms with Crippen LogP contribution in [-0.4, -0.2) is 11.1 Å². The van der Waals surface area contributed by atoms with E-state index in [-0.39, 0.29) is 6.04 Å². The highest BCUT2D eigenvalue weighted by molar-refractivity contribution is 5.94. The zero-order valence-corrected chi connectivity index (χ0v) is 12.5. The van der Waals surface area contributed by atoms with E-state index in [4.69, 9.17) is 0 Å². The lowest BCUT2D eigenvalue weighted by atomic mass is 10.0. The summed E-state index contributed by atoms with van der Waals surface area (Å²) < 4.78 is 0. The highest BCUT2D eigenvalue weighted by atomic mass is 16.4. The molecule has 0 heterocycles. The van der Waals surface area contributed by atoms with Crippen LogP contribution in [0.5, 0.6) is 0 Å². The van der Waals surface area contributed by atoms with Crippen molar-refractivity contribution < 1.29 is 9.90 Å². The molecule has 2 aromatic rings. The van der Waals surface area contributed by atoms with Crippen LogP contribution >= 0.6 is 0 Å². The molecule has 0 saturated heterocycles. The van der Waals surface area contributed by atoms with Crippen molar-refractivity contribution in [3.05, 3.63) is 65.2 Å². The topological polar surface area (TPSA) is 49.3 Å². The molecule has 2 rings (SSSR count). The molecule has 1 atom stereocenters. The van der Waals surface area contributed by atoms with Crippen molar-refractivity contribution in [1.29, 1.82) is 0 Å². The number of aromatic carboxylic acids is 1. The van der Waals surface area contributed by atoms with E-state index >= 15 is 0 Å². The second kappa shape index (κ2) is 6.93. The van der Waals surface area contributed by atoms with Gasteiger partial charge in [-0.25, -0.2) is 4.79 Å². The molecule has 3 heteroatoms. The molecule has 3 nitrogen and oxygen atoms in total. The number of para-hydroxylation sites is 1. The second-order valence-corrected chi connectivity index (χ2v) is 5.21. The van der Waals surface area contributed by atoms with Gasteiger partial charge in [-0.2, -0.15) is 0 Å². The van der Waals surface area contributed by atoms with Crippen LogP contribution in [0.15, 0.2) is 48.5 Å². The fourth-order valence-corrected chi connectivity index (χ4v) is 2.37. The van der Waals surface area contributed by atoms with Crippen molar-refractivity contribution >= 4 is 11.7 Å². The normalized spacial score (nSPS) is 11.9. The lowest BCUT2D eigenvalue weighted by Crippen LogP contribution is -2.10. The molecule has 2 N–H and O–H groups in total.